The molecule has 0 aliphatic heterocycles. The van der Waals surface area contributed by atoms with E-state index in [-0.39, 0.29) is 18.0 Å². The van der Waals surface area contributed by atoms with Gasteiger partial charge in [-0.15, -0.1) is 0 Å². The third kappa shape index (κ3) is 2.68. The summed E-state index contributed by atoms with van der Waals surface area (Å²) >= 11 is 3.13. The van der Waals surface area contributed by atoms with Crippen molar-refractivity contribution in [2.75, 3.05) is 0 Å². The molecule has 1 N–H and O–H groups in total. The Hall–Kier alpha value is -1.10. The Morgan fingerprint density at radius 1 is 1.60 bits per heavy atom. The summed E-state index contributed by atoms with van der Waals surface area (Å²) < 4.78 is 1.87. The van der Waals surface area contributed by atoms with E-state index in [1.807, 2.05) is 0 Å². The molecule has 15 heavy (non-hydrogen) atoms. The minimum absolute atomic E-state index is 0.0920. The zero-order chi connectivity index (χ0) is 10.8. The summed E-state index contributed by atoms with van der Waals surface area (Å²) in [4.78, 5) is 23.0. The standard InChI is InChI=1S/C10H11BrN2O2/c11-8-2-1-5-13(10(8)15)6-9(14)12-7-3-4-7/h1-2,5,7H,3-4,6H2,(H,12,14). The molecule has 0 bridgehead atoms. The summed E-state index contributed by atoms with van der Waals surface area (Å²) in [5.74, 6) is -0.0994. The molecule has 80 valence electrons. The molecule has 1 heterocycles. The predicted octanol–water partition coefficient (Wildman–Crippen LogP) is 0.889. The summed E-state index contributed by atoms with van der Waals surface area (Å²) in [5, 5.41) is 2.84. The van der Waals surface area contributed by atoms with Crippen LogP contribution in [0.4, 0.5) is 0 Å². The number of pyridine rings is 1. The molecule has 1 aliphatic carbocycles. The van der Waals surface area contributed by atoms with Gasteiger partial charge in [-0.25, -0.2) is 0 Å². The molecule has 0 atom stereocenters. The zero-order valence-corrected chi connectivity index (χ0v) is 9.66. The van der Waals surface area contributed by atoms with E-state index in [4.69, 9.17) is 0 Å². The fourth-order valence-corrected chi connectivity index (χ4v) is 1.67. The van der Waals surface area contributed by atoms with Gasteiger partial charge in [0.1, 0.15) is 6.54 Å². The van der Waals surface area contributed by atoms with E-state index in [2.05, 4.69) is 21.2 Å². The van der Waals surface area contributed by atoms with Crippen molar-refractivity contribution in [3.63, 3.8) is 0 Å². The average Bonchev–Trinajstić information content (AvgIpc) is 2.97. The number of amides is 1. The van der Waals surface area contributed by atoms with Crippen molar-refractivity contribution in [2.24, 2.45) is 0 Å². The second-order valence-corrected chi connectivity index (χ2v) is 4.49. The predicted molar refractivity (Wildman–Crippen MR) is 59.6 cm³/mol. The highest BCUT2D eigenvalue weighted by atomic mass is 79.9. The molecule has 1 aromatic rings. The number of nitrogens with one attached hydrogen (secondary N) is 1. The Kier molecular flexibility index (Phi) is 2.90. The Morgan fingerprint density at radius 2 is 2.33 bits per heavy atom. The lowest BCUT2D eigenvalue weighted by Gasteiger charge is -2.06. The molecule has 1 fully saturated rings. The van der Waals surface area contributed by atoms with Gasteiger partial charge in [0.15, 0.2) is 0 Å². The lowest BCUT2D eigenvalue weighted by molar-refractivity contribution is -0.121. The van der Waals surface area contributed by atoms with Crippen molar-refractivity contribution in [2.45, 2.75) is 25.4 Å². The number of rotatable bonds is 3. The maximum absolute atomic E-state index is 11.5. The fourth-order valence-electron chi connectivity index (χ4n) is 1.29. The number of carbonyl (C=O) groups excluding carboxylic acids is 1. The molecule has 0 saturated heterocycles. The Morgan fingerprint density at radius 3 is 3.00 bits per heavy atom. The second kappa shape index (κ2) is 4.18. The maximum atomic E-state index is 11.5. The van der Waals surface area contributed by atoms with Crippen LogP contribution in [0.3, 0.4) is 0 Å². The summed E-state index contributed by atoms with van der Waals surface area (Å²) in [6.45, 7) is 0.0920. The zero-order valence-electron chi connectivity index (χ0n) is 8.07. The minimum atomic E-state index is -0.177. The minimum Gasteiger partial charge on any atom is -0.352 e. The van der Waals surface area contributed by atoms with Gasteiger partial charge in [-0.05, 0) is 40.9 Å². The van der Waals surface area contributed by atoms with Crippen molar-refractivity contribution in [1.82, 2.24) is 9.88 Å². The van der Waals surface area contributed by atoms with Crippen LogP contribution < -0.4 is 10.9 Å². The van der Waals surface area contributed by atoms with Crippen LogP contribution in [-0.2, 0) is 11.3 Å². The van der Waals surface area contributed by atoms with Crippen LogP contribution in [0, 0.1) is 0 Å². The first kappa shape index (κ1) is 10.4. The highest BCUT2D eigenvalue weighted by molar-refractivity contribution is 9.10. The van der Waals surface area contributed by atoms with Gasteiger partial charge < -0.3 is 9.88 Å². The third-order valence-electron chi connectivity index (χ3n) is 2.23. The van der Waals surface area contributed by atoms with Gasteiger partial charge in [-0.1, -0.05) is 0 Å². The number of hydrogen-bond donors (Lipinski definition) is 1. The van der Waals surface area contributed by atoms with E-state index in [0.29, 0.717) is 10.5 Å². The molecule has 4 nitrogen and oxygen atoms in total. The molecule has 0 aromatic carbocycles. The Bertz CT molecular complexity index is 437. The van der Waals surface area contributed by atoms with Crippen LogP contribution >= 0.6 is 15.9 Å². The van der Waals surface area contributed by atoms with Gasteiger partial charge in [0.05, 0.1) is 4.47 Å². The van der Waals surface area contributed by atoms with E-state index in [1.54, 1.807) is 18.3 Å². The number of carbonyl (C=O) groups is 1. The van der Waals surface area contributed by atoms with Crippen molar-refractivity contribution < 1.29 is 4.79 Å². The normalized spacial score (nSPS) is 15.0. The monoisotopic (exact) mass is 270 g/mol. The van der Waals surface area contributed by atoms with E-state index in [9.17, 15) is 9.59 Å². The van der Waals surface area contributed by atoms with Gasteiger partial charge in [-0.3, -0.25) is 9.59 Å². The van der Waals surface area contributed by atoms with Gasteiger partial charge in [0.25, 0.3) is 5.56 Å². The summed E-state index contributed by atoms with van der Waals surface area (Å²) in [6, 6.07) is 3.73. The second-order valence-electron chi connectivity index (χ2n) is 3.63. The first-order valence-corrected chi connectivity index (χ1v) is 5.60. The summed E-state index contributed by atoms with van der Waals surface area (Å²) in [5.41, 5.74) is -0.177. The first-order valence-electron chi connectivity index (χ1n) is 4.81. The number of hydrogen-bond acceptors (Lipinski definition) is 2. The molecule has 1 saturated carbocycles. The molecule has 1 amide bonds. The van der Waals surface area contributed by atoms with E-state index in [0.717, 1.165) is 12.8 Å². The van der Waals surface area contributed by atoms with Crippen molar-refractivity contribution in [1.29, 1.82) is 0 Å². The van der Waals surface area contributed by atoms with Gasteiger partial charge in [-0.2, -0.15) is 0 Å². The molecule has 1 aromatic heterocycles. The van der Waals surface area contributed by atoms with Gasteiger partial charge >= 0.3 is 0 Å². The fraction of sp³-hybridized carbons (Fsp3) is 0.400. The molecule has 0 unspecified atom stereocenters. The van der Waals surface area contributed by atoms with Crippen LogP contribution in [0.15, 0.2) is 27.6 Å². The summed E-state index contributed by atoms with van der Waals surface area (Å²) in [6.07, 6.45) is 3.72. The van der Waals surface area contributed by atoms with Crippen molar-refractivity contribution in [3.8, 4) is 0 Å². The van der Waals surface area contributed by atoms with Crippen LogP contribution in [0.2, 0.25) is 0 Å². The molecular formula is C10H11BrN2O2. The molecule has 0 spiro atoms. The lowest BCUT2D eigenvalue weighted by Crippen LogP contribution is -2.33. The Labute approximate surface area is 95.4 Å². The molecule has 0 radical (unpaired) electrons. The average molecular weight is 271 g/mol. The third-order valence-corrected chi connectivity index (χ3v) is 2.83. The van der Waals surface area contributed by atoms with Gasteiger partial charge in [0.2, 0.25) is 5.91 Å². The highest BCUT2D eigenvalue weighted by Gasteiger charge is 2.23. The van der Waals surface area contributed by atoms with E-state index in [1.165, 1.54) is 4.57 Å². The SMILES string of the molecule is O=C(Cn1cccc(Br)c1=O)NC1CC1. The largest absolute Gasteiger partial charge is 0.352 e. The number of halogens is 1. The van der Waals surface area contributed by atoms with E-state index >= 15 is 0 Å². The first-order chi connectivity index (χ1) is 7.16. The van der Waals surface area contributed by atoms with Crippen LogP contribution in [0.5, 0.6) is 0 Å². The van der Waals surface area contributed by atoms with Crippen molar-refractivity contribution >= 4 is 21.8 Å². The molecule has 5 heteroatoms. The maximum Gasteiger partial charge on any atom is 0.265 e. The smallest absolute Gasteiger partial charge is 0.265 e. The van der Waals surface area contributed by atoms with Crippen LogP contribution in [-0.4, -0.2) is 16.5 Å². The highest BCUT2D eigenvalue weighted by Crippen LogP contribution is 2.18. The van der Waals surface area contributed by atoms with Crippen LogP contribution in [0.25, 0.3) is 0 Å². The molecule has 2 rings (SSSR count). The van der Waals surface area contributed by atoms with E-state index < -0.39 is 0 Å². The number of aromatic nitrogens is 1. The van der Waals surface area contributed by atoms with Crippen molar-refractivity contribution in [3.05, 3.63) is 33.2 Å². The molecular weight excluding hydrogens is 260 g/mol. The summed E-state index contributed by atoms with van der Waals surface area (Å²) in [7, 11) is 0. The molecule has 1 aliphatic rings. The van der Waals surface area contributed by atoms with Crippen LogP contribution in [0.1, 0.15) is 12.8 Å². The van der Waals surface area contributed by atoms with Gasteiger partial charge in [0, 0.05) is 12.2 Å². The Balaban J connectivity index is 2.06. The number of nitrogens with zero attached hydrogens (tertiary/aromatic N) is 1. The topological polar surface area (TPSA) is 51.1 Å². The lowest BCUT2D eigenvalue weighted by atomic mass is 10.4. The quantitative estimate of drug-likeness (QED) is 0.887.